The molecule has 142 valence electrons. The predicted octanol–water partition coefficient (Wildman–Crippen LogP) is 3.48. The van der Waals surface area contributed by atoms with Gasteiger partial charge < -0.3 is 9.84 Å². The maximum atomic E-state index is 13.3. The molecule has 27 heavy (non-hydrogen) atoms. The Labute approximate surface area is 160 Å². The molecule has 2 aliphatic heterocycles. The lowest BCUT2D eigenvalue weighted by molar-refractivity contribution is -0.175. The molecule has 1 N–H and O–H groups in total. The van der Waals surface area contributed by atoms with Gasteiger partial charge in [-0.2, -0.15) is 0 Å². The van der Waals surface area contributed by atoms with Crippen molar-refractivity contribution < 1.29 is 14.6 Å². The molecule has 4 rings (SSSR count). The van der Waals surface area contributed by atoms with E-state index in [1.165, 1.54) is 12.8 Å². The molecule has 2 heterocycles. The molecule has 0 spiro atoms. The Morgan fingerprint density at radius 2 is 1.48 bits per heavy atom. The van der Waals surface area contributed by atoms with Gasteiger partial charge in [0.2, 0.25) is 5.60 Å². The number of rotatable bonds is 4. The predicted molar refractivity (Wildman–Crippen MR) is 104 cm³/mol. The van der Waals surface area contributed by atoms with Crippen molar-refractivity contribution in [1.29, 1.82) is 0 Å². The standard InChI is InChI=1S/C23H27NO3/c25-22(27-21-15-9-17-24-16-8-7-14-20(21)24)23(26,18-10-3-1-4-11-18)19-12-5-2-6-13-19/h1-6,10-13,20-21,26H,7-9,14-17H2. The van der Waals surface area contributed by atoms with E-state index in [-0.39, 0.29) is 12.1 Å². The molecule has 2 saturated heterocycles. The molecule has 0 bridgehead atoms. The molecule has 0 amide bonds. The third-order valence-electron chi connectivity index (χ3n) is 5.96. The number of carbonyl (C=O) groups is 1. The molecule has 0 aromatic heterocycles. The van der Waals surface area contributed by atoms with Crippen LogP contribution in [0, 0.1) is 0 Å². The molecule has 0 saturated carbocycles. The van der Waals surface area contributed by atoms with Crippen LogP contribution in [0.1, 0.15) is 43.2 Å². The van der Waals surface area contributed by atoms with Crippen molar-refractivity contribution in [2.45, 2.75) is 49.9 Å². The average Bonchev–Trinajstić information content (AvgIpc) is 2.74. The molecule has 2 aromatic rings. The number of carbonyl (C=O) groups excluding carboxylic acids is 1. The maximum absolute atomic E-state index is 13.3. The van der Waals surface area contributed by atoms with Crippen LogP contribution >= 0.6 is 0 Å². The van der Waals surface area contributed by atoms with Gasteiger partial charge in [0.15, 0.2) is 0 Å². The molecule has 2 fully saturated rings. The normalized spacial score (nSPS) is 23.4. The Balaban J connectivity index is 1.63. The lowest BCUT2D eigenvalue weighted by Gasteiger charge is -2.44. The Kier molecular flexibility index (Phi) is 5.28. The molecular formula is C23H27NO3. The third kappa shape index (κ3) is 3.52. The Hall–Kier alpha value is -2.17. The summed E-state index contributed by atoms with van der Waals surface area (Å²) in [7, 11) is 0. The molecular weight excluding hydrogens is 338 g/mol. The number of aliphatic hydroxyl groups is 1. The van der Waals surface area contributed by atoms with E-state index in [0.717, 1.165) is 32.4 Å². The Morgan fingerprint density at radius 1 is 0.889 bits per heavy atom. The summed E-state index contributed by atoms with van der Waals surface area (Å²) in [5.41, 5.74) is -0.713. The van der Waals surface area contributed by atoms with Crippen LogP contribution in [0.4, 0.5) is 0 Å². The van der Waals surface area contributed by atoms with Gasteiger partial charge in [-0.1, -0.05) is 67.1 Å². The molecule has 0 radical (unpaired) electrons. The van der Waals surface area contributed by atoms with Crippen LogP contribution in [-0.4, -0.2) is 41.2 Å². The number of ether oxygens (including phenoxy) is 1. The number of piperidine rings is 2. The van der Waals surface area contributed by atoms with E-state index in [4.69, 9.17) is 4.74 Å². The first-order valence-electron chi connectivity index (χ1n) is 9.98. The molecule has 4 nitrogen and oxygen atoms in total. The highest BCUT2D eigenvalue weighted by molar-refractivity contribution is 5.85. The van der Waals surface area contributed by atoms with E-state index in [0.29, 0.717) is 11.1 Å². The summed E-state index contributed by atoms with van der Waals surface area (Å²) < 4.78 is 6.00. The minimum Gasteiger partial charge on any atom is -0.458 e. The summed E-state index contributed by atoms with van der Waals surface area (Å²) in [6.07, 6.45) is 5.21. The fourth-order valence-corrected chi connectivity index (χ4v) is 4.52. The summed E-state index contributed by atoms with van der Waals surface area (Å²) in [4.78, 5) is 15.8. The highest BCUT2D eigenvalue weighted by Gasteiger charge is 2.44. The van der Waals surface area contributed by atoms with Crippen molar-refractivity contribution in [3.8, 4) is 0 Å². The summed E-state index contributed by atoms with van der Waals surface area (Å²) in [6, 6.07) is 18.5. The lowest BCUT2D eigenvalue weighted by Crippen LogP contribution is -2.53. The number of nitrogens with zero attached hydrogens (tertiary/aromatic N) is 1. The average molecular weight is 365 g/mol. The minimum absolute atomic E-state index is 0.148. The van der Waals surface area contributed by atoms with Gasteiger partial charge in [0, 0.05) is 6.04 Å². The summed E-state index contributed by atoms with van der Waals surface area (Å²) in [5.74, 6) is -0.572. The van der Waals surface area contributed by atoms with Gasteiger partial charge in [-0.25, -0.2) is 4.79 Å². The summed E-state index contributed by atoms with van der Waals surface area (Å²) >= 11 is 0. The van der Waals surface area contributed by atoms with Gasteiger partial charge in [0.25, 0.3) is 0 Å². The van der Waals surface area contributed by atoms with Crippen molar-refractivity contribution in [2.75, 3.05) is 13.1 Å². The van der Waals surface area contributed by atoms with Crippen molar-refractivity contribution in [1.82, 2.24) is 4.90 Å². The van der Waals surface area contributed by atoms with E-state index >= 15 is 0 Å². The zero-order chi connectivity index (χ0) is 18.7. The molecule has 2 aliphatic rings. The van der Waals surface area contributed by atoms with Crippen molar-refractivity contribution in [3.05, 3.63) is 71.8 Å². The number of esters is 1. The number of hydrogen-bond donors (Lipinski definition) is 1. The van der Waals surface area contributed by atoms with Crippen LogP contribution in [0.15, 0.2) is 60.7 Å². The number of hydrogen-bond acceptors (Lipinski definition) is 4. The van der Waals surface area contributed by atoms with Gasteiger partial charge in [-0.15, -0.1) is 0 Å². The van der Waals surface area contributed by atoms with E-state index in [1.807, 2.05) is 36.4 Å². The molecule has 0 aliphatic carbocycles. The quantitative estimate of drug-likeness (QED) is 0.843. The van der Waals surface area contributed by atoms with E-state index in [1.54, 1.807) is 24.3 Å². The van der Waals surface area contributed by atoms with Gasteiger partial charge in [-0.05, 0) is 49.9 Å². The zero-order valence-electron chi connectivity index (χ0n) is 15.6. The van der Waals surface area contributed by atoms with Crippen LogP contribution in [0.5, 0.6) is 0 Å². The Bertz CT molecular complexity index is 720. The second kappa shape index (κ2) is 7.83. The first kappa shape index (κ1) is 18.2. The first-order chi connectivity index (χ1) is 13.2. The van der Waals surface area contributed by atoms with Crippen LogP contribution in [0.25, 0.3) is 0 Å². The van der Waals surface area contributed by atoms with Crippen molar-refractivity contribution in [2.24, 2.45) is 0 Å². The van der Waals surface area contributed by atoms with Gasteiger partial charge in [0.1, 0.15) is 6.10 Å². The highest BCUT2D eigenvalue weighted by atomic mass is 16.6. The third-order valence-corrected chi connectivity index (χ3v) is 5.96. The van der Waals surface area contributed by atoms with Crippen LogP contribution in [0.2, 0.25) is 0 Å². The first-order valence-corrected chi connectivity index (χ1v) is 9.98. The second-order valence-electron chi connectivity index (χ2n) is 7.63. The molecule has 2 aromatic carbocycles. The van der Waals surface area contributed by atoms with E-state index in [2.05, 4.69) is 4.90 Å². The maximum Gasteiger partial charge on any atom is 0.348 e. The largest absolute Gasteiger partial charge is 0.458 e. The molecule has 2 unspecified atom stereocenters. The molecule has 2 atom stereocenters. The zero-order valence-corrected chi connectivity index (χ0v) is 15.6. The van der Waals surface area contributed by atoms with Gasteiger partial charge in [-0.3, -0.25) is 4.90 Å². The monoisotopic (exact) mass is 365 g/mol. The van der Waals surface area contributed by atoms with Crippen molar-refractivity contribution in [3.63, 3.8) is 0 Å². The Morgan fingerprint density at radius 3 is 2.11 bits per heavy atom. The summed E-state index contributed by atoms with van der Waals surface area (Å²) in [5, 5.41) is 11.6. The summed E-state index contributed by atoms with van der Waals surface area (Å²) in [6.45, 7) is 2.17. The van der Waals surface area contributed by atoms with Gasteiger partial charge in [0.05, 0.1) is 0 Å². The minimum atomic E-state index is -1.79. The molecule has 4 heteroatoms. The van der Waals surface area contributed by atoms with Crippen molar-refractivity contribution >= 4 is 5.97 Å². The number of benzene rings is 2. The highest BCUT2D eigenvalue weighted by Crippen LogP contribution is 2.34. The smallest absolute Gasteiger partial charge is 0.348 e. The SMILES string of the molecule is O=C(OC1CCCN2CCCCC12)C(O)(c1ccccc1)c1ccccc1. The van der Waals surface area contributed by atoms with Gasteiger partial charge >= 0.3 is 5.97 Å². The van der Waals surface area contributed by atoms with Crippen LogP contribution < -0.4 is 0 Å². The van der Waals surface area contributed by atoms with Crippen LogP contribution in [-0.2, 0) is 15.1 Å². The lowest BCUT2D eigenvalue weighted by atomic mass is 9.85. The fraction of sp³-hybridized carbons (Fsp3) is 0.435. The topological polar surface area (TPSA) is 49.8 Å². The van der Waals surface area contributed by atoms with E-state index in [9.17, 15) is 9.90 Å². The van der Waals surface area contributed by atoms with E-state index < -0.39 is 11.6 Å². The second-order valence-corrected chi connectivity index (χ2v) is 7.63. The van der Waals surface area contributed by atoms with Crippen LogP contribution in [0.3, 0.4) is 0 Å². The fourth-order valence-electron chi connectivity index (χ4n) is 4.52. The number of fused-ring (bicyclic) bond motifs is 1.